The molecule has 0 spiro atoms. The van der Waals surface area contributed by atoms with Gasteiger partial charge in [-0.3, -0.25) is 9.69 Å². The summed E-state index contributed by atoms with van der Waals surface area (Å²) >= 11 is 0. The average molecular weight is 317 g/mol. The summed E-state index contributed by atoms with van der Waals surface area (Å²) in [6.07, 6.45) is 3.44. The first-order chi connectivity index (χ1) is 9.29. The number of carbonyl (C=O) groups is 1. The topological polar surface area (TPSA) is 67.3 Å². The van der Waals surface area contributed by atoms with Crippen LogP contribution in [0.2, 0.25) is 0 Å². The Hall–Kier alpha value is -1.14. The minimum Gasteiger partial charge on any atom is -0.297 e. The van der Waals surface area contributed by atoms with Crippen molar-refractivity contribution in [2.24, 2.45) is 5.92 Å². The fraction of sp³-hybridized carbons (Fsp3) is 0.538. The van der Waals surface area contributed by atoms with Crippen molar-refractivity contribution in [1.29, 1.82) is 0 Å². The molecule has 1 aliphatic rings. The van der Waals surface area contributed by atoms with E-state index in [4.69, 9.17) is 10.7 Å². The fourth-order valence-corrected chi connectivity index (χ4v) is 3.38. The minimum absolute atomic E-state index is 0.0185. The Morgan fingerprint density at radius 3 is 2.50 bits per heavy atom. The van der Waals surface area contributed by atoms with Gasteiger partial charge in [0.2, 0.25) is 5.91 Å². The van der Waals surface area contributed by atoms with Crippen molar-refractivity contribution in [1.82, 2.24) is 4.98 Å². The molecule has 1 aromatic heterocycles. The molecule has 0 aliphatic heterocycles. The molecule has 1 fully saturated rings. The van der Waals surface area contributed by atoms with Crippen molar-refractivity contribution in [3.8, 4) is 0 Å². The molecule has 0 aromatic carbocycles. The Balaban J connectivity index is 2.29. The number of hydrogen-bond donors (Lipinski definition) is 0. The van der Waals surface area contributed by atoms with Gasteiger partial charge in [-0.05, 0) is 37.8 Å². The van der Waals surface area contributed by atoms with Gasteiger partial charge in [0, 0.05) is 24.2 Å². The zero-order chi connectivity index (χ0) is 14.9. The first-order valence-corrected chi connectivity index (χ1v) is 8.80. The van der Waals surface area contributed by atoms with E-state index in [-0.39, 0.29) is 10.8 Å². The number of aryl methyl sites for hydroxylation is 1. The maximum Gasteiger partial charge on any atom is 0.263 e. The summed E-state index contributed by atoms with van der Waals surface area (Å²) in [6.45, 7) is 3.69. The van der Waals surface area contributed by atoms with E-state index in [1.54, 1.807) is 11.8 Å². The third-order valence-electron chi connectivity index (χ3n) is 3.61. The van der Waals surface area contributed by atoms with Crippen LogP contribution in [0.4, 0.5) is 5.82 Å². The standard InChI is InChI=1S/C13H17ClN2O3S/c1-9-12(20(14,18)19)6-7-13(15-9)16(10(2)17)8-11-4-3-5-11/h6-7,11H,3-5,8H2,1-2H3. The summed E-state index contributed by atoms with van der Waals surface area (Å²) < 4.78 is 22.7. The van der Waals surface area contributed by atoms with Crippen molar-refractivity contribution < 1.29 is 13.2 Å². The lowest BCUT2D eigenvalue weighted by Gasteiger charge is -2.31. The molecule has 1 saturated carbocycles. The third kappa shape index (κ3) is 3.30. The van der Waals surface area contributed by atoms with Gasteiger partial charge in [-0.1, -0.05) is 6.42 Å². The summed E-state index contributed by atoms with van der Waals surface area (Å²) in [5, 5.41) is 0. The van der Waals surface area contributed by atoms with Gasteiger partial charge < -0.3 is 0 Å². The van der Waals surface area contributed by atoms with Gasteiger partial charge in [0.1, 0.15) is 10.7 Å². The monoisotopic (exact) mass is 316 g/mol. The molecule has 0 atom stereocenters. The zero-order valence-corrected chi connectivity index (χ0v) is 13.0. The number of aromatic nitrogens is 1. The molecule has 1 heterocycles. The van der Waals surface area contributed by atoms with Crippen LogP contribution in [0.15, 0.2) is 17.0 Å². The highest BCUT2D eigenvalue weighted by Gasteiger charge is 2.24. The second-order valence-electron chi connectivity index (χ2n) is 5.12. The first-order valence-electron chi connectivity index (χ1n) is 6.49. The second-order valence-corrected chi connectivity index (χ2v) is 7.65. The van der Waals surface area contributed by atoms with E-state index in [0.29, 0.717) is 24.0 Å². The molecule has 1 aliphatic carbocycles. The van der Waals surface area contributed by atoms with E-state index >= 15 is 0 Å². The van der Waals surface area contributed by atoms with E-state index in [1.165, 1.54) is 25.5 Å². The van der Waals surface area contributed by atoms with Gasteiger partial charge in [-0.2, -0.15) is 0 Å². The van der Waals surface area contributed by atoms with Crippen LogP contribution >= 0.6 is 10.7 Å². The van der Waals surface area contributed by atoms with Crippen LogP contribution in [0, 0.1) is 12.8 Å². The largest absolute Gasteiger partial charge is 0.297 e. The molecule has 20 heavy (non-hydrogen) atoms. The quantitative estimate of drug-likeness (QED) is 0.800. The zero-order valence-electron chi connectivity index (χ0n) is 11.5. The predicted molar refractivity (Wildman–Crippen MR) is 77.4 cm³/mol. The van der Waals surface area contributed by atoms with Crippen LogP contribution in [-0.2, 0) is 13.8 Å². The fourth-order valence-electron chi connectivity index (χ4n) is 2.26. The Bertz CT molecular complexity index is 627. The summed E-state index contributed by atoms with van der Waals surface area (Å²) in [5.74, 6) is 0.897. The lowest BCUT2D eigenvalue weighted by atomic mass is 9.85. The molecule has 0 N–H and O–H groups in total. The molecule has 0 bridgehead atoms. The van der Waals surface area contributed by atoms with Crippen LogP contribution in [-0.4, -0.2) is 25.9 Å². The van der Waals surface area contributed by atoms with Crippen LogP contribution in [0.25, 0.3) is 0 Å². The molecule has 0 unspecified atom stereocenters. The van der Waals surface area contributed by atoms with Gasteiger partial charge >= 0.3 is 0 Å². The van der Waals surface area contributed by atoms with Crippen LogP contribution < -0.4 is 4.90 Å². The number of carbonyl (C=O) groups excluding carboxylic acids is 1. The number of pyridine rings is 1. The molecule has 0 saturated heterocycles. The molecule has 7 heteroatoms. The molecular weight excluding hydrogens is 300 g/mol. The summed E-state index contributed by atoms with van der Waals surface area (Å²) in [4.78, 5) is 17.5. The summed E-state index contributed by atoms with van der Waals surface area (Å²) in [6, 6.07) is 2.93. The van der Waals surface area contributed by atoms with Gasteiger partial charge in [0.25, 0.3) is 9.05 Å². The summed E-state index contributed by atoms with van der Waals surface area (Å²) in [7, 11) is 1.52. The first kappa shape index (κ1) is 15.3. The predicted octanol–water partition coefficient (Wildman–Crippen LogP) is 2.47. The number of amides is 1. The number of rotatable bonds is 4. The van der Waals surface area contributed by atoms with Crippen LogP contribution in [0.3, 0.4) is 0 Å². The Morgan fingerprint density at radius 2 is 2.10 bits per heavy atom. The van der Waals surface area contributed by atoms with E-state index in [9.17, 15) is 13.2 Å². The van der Waals surface area contributed by atoms with Gasteiger partial charge in [-0.25, -0.2) is 13.4 Å². The van der Waals surface area contributed by atoms with Crippen molar-refractivity contribution in [2.45, 2.75) is 38.0 Å². The maximum atomic E-state index is 11.8. The molecule has 5 nitrogen and oxygen atoms in total. The number of nitrogens with zero attached hydrogens (tertiary/aromatic N) is 2. The maximum absolute atomic E-state index is 11.8. The normalized spacial score (nSPS) is 15.8. The average Bonchev–Trinajstić information content (AvgIpc) is 2.24. The highest BCUT2D eigenvalue weighted by molar-refractivity contribution is 8.13. The minimum atomic E-state index is -3.81. The van der Waals surface area contributed by atoms with E-state index < -0.39 is 9.05 Å². The van der Waals surface area contributed by atoms with Gasteiger partial charge in [-0.15, -0.1) is 0 Å². The SMILES string of the molecule is CC(=O)N(CC1CCC1)c1ccc(S(=O)(=O)Cl)c(C)n1. The van der Waals surface area contributed by atoms with Crippen LogP contribution in [0.1, 0.15) is 31.9 Å². The van der Waals surface area contributed by atoms with E-state index in [0.717, 1.165) is 12.8 Å². The Kier molecular flexibility index (Phi) is 4.34. The molecule has 0 radical (unpaired) electrons. The van der Waals surface area contributed by atoms with Gasteiger partial charge in [0.15, 0.2) is 0 Å². The smallest absolute Gasteiger partial charge is 0.263 e. The molecule has 1 aromatic rings. The van der Waals surface area contributed by atoms with Gasteiger partial charge in [0.05, 0.1) is 5.69 Å². The lowest BCUT2D eigenvalue weighted by Crippen LogP contribution is -2.36. The number of anilines is 1. The van der Waals surface area contributed by atoms with Crippen molar-refractivity contribution in [3.63, 3.8) is 0 Å². The number of hydrogen-bond acceptors (Lipinski definition) is 4. The summed E-state index contributed by atoms with van der Waals surface area (Å²) in [5.41, 5.74) is 0.303. The molecule has 2 rings (SSSR count). The lowest BCUT2D eigenvalue weighted by molar-refractivity contribution is -0.116. The highest BCUT2D eigenvalue weighted by Crippen LogP contribution is 2.29. The highest BCUT2D eigenvalue weighted by atomic mass is 35.7. The third-order valence-corrected chi connectivity index (χ3v) is 5.06. The molecular formula is C13H17ClN2O3S. The molecule has 110 valence electrons. The van der Waals surface area contributed by atoms with Crippen molar-refractivity contribution >= 4 is 31.5 Å². The molecule has 1 amide bonds. The Morgan fingerprint density at radius 1 is 1.45 bits per heavy atom. The van der Waals surface area contributed by atoms with Crippen LogP contribution in [0.5, 0.6) is 0 Å². The van der Waals surface area contributed by atoms with Crippen molar-refractivity contribution in [3.05, 3.63) is 17.8 Å². The van der Waals surface area contributed by atoms with E-state index in [1.807, 2.05) is 0 Å². The Labute approximate surface area is 123 Å². The van der Waals surface area contributed by atoms with E-state index in [2.05, 4.69) is 4.98 Å². The number of halogens is 1. The second kappa shape index (κ2) is 5.69. The van der Waals surface area contributed by atoms with Crippen molar-refractivity contribution in [2.75, 3.05) is 11.4 Å².